The van der Waals surface area contributed by atoms with Gasteiger partial charge in [0.15, 0.2) is 6.04 Å². The number of rotatable bonds is 3. The van der Waals surface area contributed by atoms with E-state index in [-0.39, 0.29) is 18.9 Å². The van der Waals surface area contributed by atoms with E-state index in [1.54, 1.807) is 36.5 Å². The largest absolute Gasteiger partial charge is 0.479 e. The van der Waals surface area contributed by atoms with Crippen molar-refractivity contribution in [3.05, 3.63) is 65.5 Å². The summed E-state index contributed by atoms with van der Waals surface area (Å²) in [5.41, 5.74) is 2.14. The average molecular weight is 282 g/mol. The highest BCUT2D eigenvalue weighted by Crippen LogP contribution is 2.31. The molecule has 0 bridgehead atoms. The van der Waals surface area contributed by atoms with Crippen LogP contribution in [-0.2, 0) is 22.6 Å². The number of carboxylic acids is 1. The van der Waals surface area contributed by atoms with Crippen LogP contribution in [-0.4, -0.2) is 26.9 Å². The molecule has 0 saturated heterocycles. The van der Waals surface area contributed by atoms with Crippen LogP contribution >= 0.6 is 0 Å². The van der Waals surface area contributed by atoms with Gasteiger partial charge in [-0.1, -0.05) is 30.3 Å². The number of hydrogen-bond acceptors (Lipinski definition) is 3. The molecule has 1 aliphatic heterocycles. The van der Waals surface area contributed by atoms with Gasteiger partial charge in [-0.25, -0.2) is 4.79 Å². The number of carbonyl (C=O) groups is 2. The first kappa shape index (κ1) is 13.3. The number of aromatic nitrogens is 1. The Morgan fingerprint density at radius 3 is 2.71 bits per heavy atom. The highest BCUT2D eigenvalue weighted by atomic mass is 16.4. The molecule has 0 aliphatic carbocycles. The quantitative estimate of drug-likeness (QED) is 0.931. The average Bonchev–Trinajstić information content (AvgIpc) is 2.48. The molecular weight excluding hydrogens is 268 g/mol. The summed E-state index contributed by atoms with van der Waals surface area (Å²) in [6.45, 7) is 0.199. The highest BCUT2D eigenvalue weighted by Gasteiger charge is 2.37. The summed E-state index contributed by atoms with van der Waals surface area (Å²) in [6, 6.07) is 11.6. The third-order valence-corrected chi connectivity index (χ3v) is 3.62. The molecule has 1 aromatic heterocycles. The Kier molecular flexibility index (Phi) is 3.39. The standard InChI is InChI=1S/C16H14N2O3/c19-14-9-11-5-1-2-7-13(11)15(16(20)21)18(14)10-12-6-3-4-8-17-12/h1-8,15H,9-10H2,(H,20,21)/t15-/m0/s1. The number of hydrogen-bond donors (Lipinski definition) is 1. The third kappa shape index (κ3) is 2.50. The summed E-state index contributed by atoms with van der Waals surface area (Å²) in [6.07, 6.45) is 1.86. The summed E-state index contributed by atoms with van der Waals surface area (Å²) < 4.78 is 0. The Morgan fingerprint density at radius 2 is 2.00 bits per heavy atom. The van der Waals surface area contributed by atoms with E-state index in [9.17, 15) is 14.7 Å². The summed E-state index contributed by atoms with van der Waals surface area (Å²) >= 11 is 0. The molecule has 1 aliphatic rings. The van der Waals surface area contributed by atoms with E-state index in [4.69, 9.17) is 0 Å². The summed E-state index contributed by atoms with van der Waals surface area (Å²) in [5, 5.41) is 9.54. The number of carboxylic acid groups (broad SMARTS) is 1. The lowest BCUT2D eigenvalue weighted by Crippen LogP contribution is -2.43. The maximum atomic E-state index is 12.3. The molecule has 5 nitrogen and oxygen atoms in total. The molecule has 3 rings (SSSR count). The highest BCUT2D eigenvalue weighted by molar-refractivity contribution is 5.89. The molecule has 0 spiro atoms. The second-order valence-corrected chi connectivity index (χ2v) is 4.96. The van der Waals surface area contributed by atoms with Crippen molar-refractivity contribution in [2.75, 3.05) is 0 Å². The predicted octanol–water partition coefficient (Wildman–Crippen LogP) is 1.79. The Balaban J connectivity index is 1.99. The second kappa shape index (κ2) is 5.36. The Labute approximate surface area is 121 Å². The fourth-order valence-electron chi connectivity index (χ4n) is 2.65. The number of amides is 1. The Morgan fingerprint density at radius 1 is 1.24 bits per heavy atom. The number of carbonyl (C=O) groups excluding carboxylic acids is 1. The minimum Gasteiger partial charge on any atom is -0.479 e. The van der Waals surface area contributed by atoms with Crippen molar-refractivity contribution >= 4 is 11.9 Å². The number of fused-ring (bicyclic) bond motifs is 1. The molecule has 1 atom stereocenters. The number of nitrogens with zero attached hydrogens (tertiary/aromatic N) is 2. The van der Waals surface area contributed by atoms with Crippen molar-refractivity contribution in [2.24, 2.45) is 0 Å². The number of benzene rings is 1. The Bertz CT molecular complexity index is 685. The minimum atomic E-state index is -1.02. The zero-order valence-corrected chi connectivity index (χ0v) is 11.3. The smallest absolute Gasteiger partial charge is 0.331 e. The molecule has 0 radical (unpaired) electrons. The molecule has 106 valence electrons. The normalized spacial score (nSPS) is 17.4. The van der Waals surface area contributed by atoms with Crippen LogP contribution in [0.4, 0.5) is 0 Å². The van der Waals surface area contributed by atoms with Gasteiger partial charge in [0.05, 0.1) is 18.7 Å². The van der Waals surface area contributed by atoms with Crippen LogP contribution in [0.25, 0.3) is 0 Å². The lowest BCUT2D eigenvalue weighted by atomic mass is 9.92. The molecule has 2 heterocycles. The van der Waals surface area contributed by atoms with Crippen LogP contribution in [0.1, 0.15) is 22.9 Å². The minimum absolute atomic E-state index is 0.188. The first-order valence-corrected chi connectivity index (χ1v) is 6.67. The lowest BCUT2D eigenvalue weighted by Gasteiger charge is -2.34. The SMILES string of the molecule is O=C(O)[C@@H]1c2ccccc2CC(=O)N1Cc1ccccn1. The van der Waals surface area contributed by atoms with Crippen LogP contribution in [0, 0.1) is 0 Å². The van der Waals surface area contributed by atoms with Crippen molar-refractivity contribution in [3.63, 3.8) is 0 Å². The summed E-state index contributed by atoms with van der Waals surface area (Å²) in [4.78, 5) is 29.5. The van der Waals surface area contributed by atoms with Crippen molar-refractivity contribution in [3.8, 4) is 0 Å². The van der Waals surface area contributed by atoms with Gasteiger partial charge in [-0.3, -0.25) is 9.78 Å². The maximum absolute atomic E-state index is 12.3. The van der Waals surface area contributed by atoms with Crippen molar-refractivity contribution in [1.82, 2.24) is 9.88 Å². The predicted molar refractivity (Wildman–Crippen MR) is 75.3 cm³/mol. The van der Waals surface area contributed by atoms with Gasteiger partial charge >= 0.3 is 5.97 Å². The van der Waals surface area contributed by atoms with E-state index < -0.39 is 12.0 Å². The Hall–Kier alpha value is -2.69. The van der Waals surface area contributed by atoms with Gasteiger partial charge in [0.1, 0.15) is 0 Å². The molecule has 1 aromatic carbocycles. The molecule has 2 aromatic rings. The van der Waals surface area contributed by atoms with Crippen LogP contribution < -0.4 is 0 Å². The molecule has 21 heavy (non-hydrogen) atoms. The molecule has 0 unspecified atom stereocenters. The molecule has 0 saturated carbocycles. The first-order chi connectivity index (χ1) is 10.2. The van der Waals surface area contributed by atoms with E-state index in [2.05, 4.69) is 4.98 Å². The summed E-state index contributed by atoms with van der Waals surface area (Å²) in [7, 11) is 0. The van der Waals surface area contributed by atoms with E-state index >= 15 is 0 Å². The molecule has 5 heteroatoms. The molecular formula is C16H14N2O3. The van der Waals surface area contributed by atoms with E-state index in [0.717, 1.165) is 5.56 Å². The maximum Gasteiger partial charge on any atom is 0.331 e. The molecule has 1 amide bonds. The van der Waals surface area contributed by atoms with Crippen molar-refractivity contribution < 1.29 is 14.7 Å². The van der Waals surface area contributed by atoms with Gasteiger partial charge in [-0.2, -0.15) is 0 Å². The number of aliphatic carboxylic acids is 1. The summed E-state index contributed by atoms with van der Waals surface area (Å²) in [5.74, 6) is -1.21. The fraction of sp³-hybridized carbons (Fsp3) is 0.188. The first-order valence-electron chi connectivity index (χ1n) is 6.67. The topological polar surface area (TPSA) is 70.5 Å². The van der Waals surface area contributed by atoms with Crippen LogP contribution in [0.2, 0.25) is 0 Å². The van der Waals surface area contributed by atoms with Gasteiger partial charge in [0.2, 0.25) is 5.91 Å². The van der Waals surface area contributed by atoms with Crippen LogP contribution in [0.3, 0.4) is 0 Å². The van der Waals surface area contributed by atoms with Crippen LogP contribution in [0.5, 0.6) is 0 Å². The van der Waals surface area contributed by atoms with Gasteiger partial charge < -0.3 is 10.0 Å². The monoisotopic (exact) mass is 282 g/mol. The molecule has 1 N–H and O–H groups in total. The zero-order valence-electron chi connectivity index (χ0n) is 11.3. The van der Waals surface area contributed by atoms with E-state index in [1.165, 1.54) is 4.90 Å². The lowest BCUT2D eigenvalue weighted by molar-refractivity contribution is -0.152. The van der Waals surface area contributed by atoms with E-state index in [0.29, 0.717) is 11.3 Å². The van der Waals surface area contributed by atoms with Gasteiger partial charge in [0, 0.05) is 6.20 Å². The van der Waals surface area contributed by atoms with E-state index in [1.807, 2.05) is 12.1 Å². The zero-order chi connectivity index (χ0) is 14.8. The second-order valence-electron chi connectivity index (χ2n) is 4.96. The van der Waals surface area contributed by atoms with Crippen molar-refractivity contribution in [2.45, 2.75) is 19.0 Å². The third-order valence-electron chi connectivity index (χ3n) is 3.62. The van der Waals surface area contributed by atoms with Crippen molar-refractivity contribution in [1.29, 1.82) is 0 Å². The van der Waals surface area contributed by atoms with Gasteiger partial charge in [-0.15, -0.1) is 0 Å². The van der Waals surface area contributed by atoms with Gasteiger partial charge in [-0.05, 0) is 23.3 Å². The van der Waals surface area contributed by atoms with Crippen LogP contribution in [0.15, 0.2) is 48.7 Å². The fourth-order valence-corrected chi connectivity index (χ4v) is 2.65. The molecule has 0 fully saturated rings. The van der Waals surface area contributed by atoms with Gasteiger partial charge in [0.25, 0.3) is 0 Å². The number of pyridine rings is 1.